The number of amides is 1. The van der Waals surface area contributed by atoms with Crippen LogP contribution in [0, 0.1) is 15.4 Å². The van der Waals surface area contributed by atoms with Crippen LogP contribution in [0.15, 0.2) is 30.3 Å². The van der Waals surface area contributed by atoms with Gasteiger partial charge in [0, 0.05) is 16.1 Å². The van der Waals surface area contributed by atoms with E-state index >= 15 is 0 Å². The molecule has 0 saturated heterocycles. The molecular formula is C20H23IN2O3S. The summed E-state index contributed by atoms with van der Waals surface area (Å²) in [5, 5.41) is 13.0. The number of aliphatic hydroxyl groups is 1. The molecule has 2 atom stereocenters. The highest BCUT2D eigenvalue weighted by Gasteiger charge is 2.28. The summed E-state index contributed by atoms with van der Waals surface area (Å²) < 4.78 is 5.71. The van der Waals surface area contributed by atoms with Gasteiger partial charge < -0.3 is 15.2 Å². The Kier molecular flexibility index (Phi) is 7.91. The van der Waals surface area contributed by atoms with E-state index in [0.717, 1.165) is 20.2 Å². The number of fused-ring (bicyclic) bond motifs is 1. The minimum absolute atomic E-state index is 0.144. The summed E-state index contributed by atoms with van der Waals surface area (Å²) >= 11 is 3.67. The predicted molar refractivity (Wildman–Crippen MR) is 118 cm³/mol. The second-order valence-electron chi connectivity index (χ2n) is 6.47. The van der Waals surface area contributed by atoms with Crippen molar-refractivity contribution in [2.75, 3.05) is 13.4 Å². The molecule has 1 amide bonds. The topological polar surface area (TPSA) is 71.5 Å². The minimum atomic E-state index is -0.925. The molecule has 0 spiro atoms. The van der Waals surface area contributed by atoms with Crippen LogP contribution in [0.2, 0.25) is 0 Å². The van der Waals surface area contributed by atoms with Crippen LogP contribution in [0.4, 0.5) is 0 Å². The lowest BCUT2D eigenvalue weighted by Crippen LogP contribution is -2.44. The van der Waals surface area contributed by atoms with Crippen molar-refractivity contribution in [1.82, 2.24) is 10.3 Å². The quantitative estimate of drug-likeness (QED) is 0.363. The van der Waals surface area contributed by atoms with Crippen molar-refractivity contribution in [2.24, 2.45) is 0 Å². The van der Waals surface area contributed by atoms with Crippen LogP contribution in [0.25, 0.3) is 10.9 Å². The summed E-state index contributed by atoms with van der Waals surface area (Å²) in [6.45, 7) is 3.65. The molecule has 27 heavy (non-hydrogen) atoms. The summed E-state index contributed by atoms with van der Waals surface area (Å²) in [5.74, 6) is 5.68. The first-order valence-electron chi connectivity index (χ1n) is 8.38. The van der Waals surface area contributed by atoms with Gasteiger partial charge in [0.05, 0.1) is 23.2 Å². The number of pyridine rings is 1. The third-order valence-electron chi connectivity index (χ3n) is 3.81. The summed E-state index contributed by atoms with van der Waals surface area (Å²) in [6, 6.07) is 9.91. The number of halogens is 1. The van der Waals surface area contributed by atoms with Crippen LogP contribution in [0.5, 0.6) is 0 Å². The summed E-state index contributed by atoms with van der Waals surface area (Å²) in [6.07, 6.45) is 1.16. The van der Waals surface area contributed by atoms with Gasteiger partial charge >= 0.3 is 0 Å². The molecule has 5 nitrogen and oxygen atoms in total. The van der Waals surface area contributed by atoms with Crippen LogP contribution >= 0.6 is 34.4 Å². The van der Waals surface area contributed by atoms with Gasteiger partial charge in [-0.05, 0) is 54.8 Å². The van der Waals surface area contributed by atoms with Crippen molar-refractivity contribution in [1.29, 1.82) is 0 Å². The van der Waals surface area contributed by atoms with Crippen molar-refractivity contribution in [3.05, 3.63) is 39.6 Å². The van der Waals surface area contributed by atoms with Crippen molar-refractivity contribution in [3.63, 3.8) is 0 Å². The van der Waals surface area contributed by atoms with Gasteiger partial charge in [0.1, 0.15) is 5.25 Å². The van der Waals surface area contributed by atoms with Gasteiger partial charge in [0.15, 0.2) is 6.29 Å². The third-order valence-corrected chi connectivity index (χ3v) is 5.58. The van der Waals surface area contributed by atoms with Crippen molar-refractivity contribution >= 4 is 51.2 Å². The normalized spacial score (nSPS) is 13.6. The Hall–Kier alpha value is -1.34. The average molecular weight is 498 g/mol. The first kappa shape index (κ1) is 22.0. The molecule has 1 heterocycles. The Morgan fingerprint density at radius 2 is 2.15 bits per heavy atom. The fourth-order valence-corrected chi connectivity index (χ4v) is 4.13. The number of nitrogens with one attached hydrogen (secondary N) is 1. The van der Waals surface area contributed by atoms with Crippen molar-refractivity contribution in [3.8, 4) is 11.8 Å². The number of nitrogens with zero attached hydrogens (tertiary/aromatic N) is 1. The summed E-state index contributed by atoms with van der Waals surface area (Å²) in [5.41, 5.74) is 0.881. The van der Waals surface area contributed by atoms with Gasteiger partial charge in [-0.2, -0.15) is 0 Å². The van der Waals surface area contributed by atoms with E-state index in [-0.39, 0.29) is 12.3 Å². The Morgan fingerprint density at radius 1 is 1.44 bits per heavy atom. The van der Waals surface area contributed by atoms with Crippen molar-refractivity contribution in [2.45, 2.75) is 37.3 Å². The Morgan fingerprint density at radius 3 is 2.81 bits per heavy atom. The van der Waals surface area contributed by atoms with Gasteiger partial charge in [-0.1, -0.05) is 30.0 Å². The maximum Gasteiger partial charge on any atom is 0.240 e. The van der Waals surface area contributed by atoms with E-state index < -0.39 is 17.1 Å². The second-order valence-corrected chi connectivity index (χ2v) is 8.58. The van der Waals surface area contributed by atoms with Crippen LogP contribution in [0.1, 0.15) is 31.2 Å². The number of carbonyl (C=O) groups is 1. The fraction of sp³-hybridized carbons (Fsp3) is 0.400. The Bertz CT molecular complexity index is 876. The van der Waals surface area contributed by atoms with E-state index in [1.807, 2.05) is 50.4 Å². The highest BCUT2D eigenvalue weighted by atomic mass is 127. The molecule has 0 bridgehead atoms. The van der Waals surface area contributed by atoms with E-state index in [2.05, 4.69) is 39.7 Å². The van der Waals surface area contributed by atoms with E-state index in [0.29, 0.717) is 0 Å². The Labute approximate surface area is 177 Å². The molecule has 2 unspecified atom stereocenters. The molecule has 0 fully saturated rings. The fourth-order valence-electron chi connectivity index (χ4n) is 2.48. The van der Waals surface area contributed by atoms with E-state index in [9.17, 15) is 9.90 Å². The number of para-hydroxylation sites is 1. The average Bonchev–Trinajstić information content (AvgIpc) is 2.61. The first-order valence-corrected chi connectivity index (χ1v) is 10.7. The number of ether oxygens (including phenoxy) is 1. The lowest BCUT2D eigenvalue weighted by Gasteiger charge is -2.24. The SMILES string of the molecule is COC(O)CC#CC(C)(C)NC(=O)C(SC)c1nc2ccccc2cc1I. The molecule has 0 saturated carbocycles. The van der Waals surface area contributed by atoms with Crippen LogP contribution in [-0.2, 0) is 9.53 Å². The number of aliphatic hydroxyl groups excluding tert-OH is 1. The lowest BCUT2D eigenvalue weighted by atomic mass is 10.1. The predicted octanol–water partition coefficient (Wildman–Crippen LogP) is 3.50. The number of carbonyl (C=O) groups excluding carboxylic acids is 1. The molecule has 2 N–H and O–H groups in total. The molecule has 7 heteroatoms. The van der Waals surface area contributed by atoms with E-state index in [1.165, 1.54) is 18.9 Å². The molecule has 0 aliphatic rings. The first-order chi connectivity index (χ1) is 12.8. The largest absolute Gasteiger partial charge is 0.367 e. The zero-order valence-electron chi connectivity index (χ0n) is 15.7. The van der Waals surface area contributed by atoms with Gasteiger partial charge in [-0.15, -0.1) is 11.8 Å². The zero-order chi connectivity index (χ0) is 20.0. The number of benzene rings is 1. The molecule has 0 aliphatic heterocycles. The number of methoxy groups -OCH3 is 1. The lowest BCUT2D eigenvalue weighted by molar-refractivity contribution is -0.121. The Balaban J connectivity index is 2.21. The number of aromatic nitrogens is 1. The molecule has 2 rings (SSSR count). The maximum atomic E-state index is 12.9. The maximum absolute atomic E-state index is 12.9. The van der Waals surface area contributed by atoms with Gasteiger partial charge in [-0.3, -0.25) is 4.79 Å². The van der Waals surface area contributed by atoms with Gasteiger partial charge in [0.25, 0.3) is 0 Å². The molecule has 0 aliphatic carbocycles. The monoisotopic (exact) mass is 498 g/mol. The molecule has 0 radical (unpaired) electrons. The standard InChI is InChI=1S/C20H23IN2O3S/c1-20(2,11-7-10-16(24)26-3)23-19(25)18(27-4)17-14(21)12-13-8-5-6-9-15(13)22-17/h5-6,8-9,12,16,18,24H,10H2,1-4H3,(H,23,25). The minimum Gasteiger partial charge on any atom is -0.367 e. The van der Waals surface area contributed by atoms with Crippen LogP contribution in [-0.4, -0.2) is 41.2 Å². The molecule has 2 aromatic rings. The third kappa shape index (κ3) is 6.07. The molecule has 1 aromatic carbocycles. The van der Waals surface area contributed by atoms with Crippen LogP contribution < -0.4 is 5.32 Å². The molecule has 144 valence electrons. The number of hydrogen-bond donors (Lipinski definition) is 2. The van der Waals surface area contributed by atoms with Crippen molar-refractivity contribution < 1.29 is 14.6 Å². The highest BCUT2D eigenvalue weighted by Crippen LogP contribution is 2.31. The number of hydrogen-bond acceptors (Lipinski definition) is 5. The highest BCUT2D eigenvalue weighted by molar-refractivity contribution is 14.1. The number of thioether (sulfide) groups is 1. The molecule has 1 aromatic heterocycles. The second kappa shape index (κ2) is 9.73. The van der Waals surface area contributed by atoms with E-state index in [4.69, 9.17) is 9.72 Å². The zero-order valence-corrected chi connectivity index (χ0v) is 18.7. The summed E-state index contributed by atoms with van der Waals surface area (Å²) in [7, 11) is 1.42. The molecular weight excluding hydrogens is 475 g/mol. The van der Waals surface area contributed by atoms with Crippen LogP contribution in [0.3, 0.4) is 0 Å². The van der Waals surface area contributed by atoms with Gasteiger partial charge in [0.2, 0.25) is 5.91 Å². The number of rotatable bonds is 6. The van der Waals surface area contributed by atoms with Gasteiger partial charge in [-0.25, -0.2) is 4.98 Å². The smallest absolute Gasteiger partial charge is 0.240 e. The van der Waals surface area contributed by atoms with E-state index in [1.54, 1.807) is 0 Å². The summed E-state index contributed by atoms with van der Waals surface area (Å²) in [4.78, 5) is 17.6.